The highest BCUT2D eigenvalue weighted by Crippen LogP contribution is 2.40. The second-order valence-electron chi connectivity index (χ2n) is 7.93. The molecule has 3 rings (SSSR count). The zero-order chi connectivity index (χ0) is 26.3. The van der Waals surface area contributed by atoms with Crippen LogP contribution in [0.1, 0.15) is 38.7 Å². The van der Waals surface area contributed by atoms with Crippen molar-refractivity contribution in [2.75, 3.05) is 26.8 Å². The first-order chi connectivity index (χ1) is 17.2. The Hall–Kier alpha value is -2.15. The fourth-order valence-electron chi connectivity index (χ4n) is 3.52. The van der Waals surface area contributed by atoms with Gasteiger partial charge >= 0.3 is 5.97 Å². The van der Waals surface area contributed by atoms with Gasteiger partial charge in [-0.15, -0.1) is 0 Å². The molecule has 0 aliphatic carbocycles. The summed E-state index contributed by atoms with van der Waals surface area (Å²) in [6.45, 7) is 4.50. The van der Waals surface area contributed by atoms with Gasteiger partial charge in [0.2, 0.25) is 16.1 Å². The molecule has 1 saturated heterocycles. The standard InChI is InChI=1S/C24H28Br2N2O7S/c1-4-33-24(29)16(2)35-27-15-17-12-19(25)23(20(26)13-17)34-18-8-9-21(32-3)22(14-18)36(30,31)28-10-6-5-7-11-28/h8-9,12-16H,4-7,10-11H2,1-3H3/b27-15-. The number of sulfonamides is 1. The van der Waals surface area contributed by atoms with Crippen molar-refractivity contribution < 1.29 is 32.3 Å². The van der Waals surface area contributed by atoms with Crippen LogP contribution in [0.3, 0.4) is 0 Å². The summed E-state index contributed by atoms with van der Waals surface area (Å²) < 4.78 is 45.5. The van der Waals surface area contributed by atoms with E-state index in [0.717, 1.165) is 19.3 Å². The van der Waals surface area contributed by atoms with Crippen molar-refractivity contribution in [1.29, 1.82) is 0 Å². The van der Waals surface area contributed by atoms with Crippen LogP contribution in [0.2, 0.25) is 0 Å². The van der Waals surface area contributed by atoms with Gasteiger partial charge in [0.05, 0.1) is 28.9 Å². The first-order valence-electron chi connectivity index (χ1n) is 11.4. The molecule has 1 heterocycles. The quantitative estimate of drug-likeness (QED) is 0.191. The van der Waals surface area contributed by atoms with E-state index < -0.39 is 22.1 Å². The first-order valence-corrected chi connectivity index (χ1v) is 14.4. The fraction of sp³-hybridized carbons (Fsp3) is 0.417. The summed E-state index contributed by atoms with van der Waals surface area (Å²) in [4.78, 5) is 16.8. The number of piperidine rings is 1. The van der Waals surface area contributed by atoms with Crippen molar-refractivity contribution >= 4 is 54.1 Å². The average Bonchev–Trinajstić information content (AvgIpc) is 2.86. The summed E-state index contributed by atoms with van der Waals surface area (Å²) in [5, 5.41) is 3.85. The van der Waals surface area contributed by atoms with Crippen molar-refractivity contribution in [3.8, 4) is 17.2 Å². The molecular formula is C24H28Br2N2O7S. The minimum absolute atomic E-state index is 0.0632. The monoisotopic (exact) mass is 646 g/mol. The van der Waals surface area contributed by atoms with Gasteiger partial charge in [-0.3, -0.25) is 0 Å². The van der Waals surface area contributed by atoms with E-state index in [1.807, 2.05) is 0 Å². The number of halogens is 2. The number of esters is 1. The molecule has 0 aromatic heterocycles. The van der Waals surface area contributed by atoms with Gasteiger partial charge in [-0.25, -0.2) is 13.2 Å². The lowest BCUT2D eigenvalue weighted by Gasteiger charge is -2.26. The zero-order valence-electron chi connectivity index (χ0n) is 20.2. The van der Waals surface area contributed by atoms with Crippen LogP contribution in [-0.2, 0) is 24.4 Å². The third kappa shape index (κ3) is 6.99. The summed E-state index contributed by atoms with van der Waals surface area (Å²) in [6.07, 6.45) is 3.30. The predicted molar refractivity (Wildman–Crippen MR) is 142 cm³/mol. The highest BCUT2D eigenvalue weighted by Gasteiger charge is 2.29. The van der Waals surface area contributed by atoms with Crippen molar-refractivity contribution in [2.24, 2.45) is 5.16 Å². The Balaban J connectivity index is 1.81. The number of benzene rings is 2. The molecule has 0 spiro atoms. The van der Waals surface area contributed by atoms with Crippen molar-refractivity contribution in [3.05, 3.63) is 44.8 Å². The molecule has 0 radical (unpaired) electrons. The largest absolute Gasteiger partial charge is 0.495 e. The summed E-state index contributed by atoms with van der Waals surface area (Å²) in [6, 6.07) is 8.19. The number of nitrogens with zero attached hydrogens (tertiary/aromatic N) is 2. The number of hydrogen-bond acceptors (Lipinski definition) is 8. The maximum absolute atomic E-state index is 13.3. The molecule has 12 heteroatoms. The average molecular weight is 648 g/mol. The van der Waals surface area contributed by atoms with Gasteiger partial charge < -0.3 is 19.0 Å². The van der Waals surface area contributed by atoms with E-state index in [4.69, 9.17) is 19.0 Å². The third-order valence-corrected chi connectivity index (χ3v) is 8.45. The van der Waals surface area contributed by atoms with Crippen LogP contribution in [0.25, 0.3) is 0 Å². The van der Waals surface area contributed by atoms with Gasteiger partial charge in [0, 0.05) is 19.2 Å². The second-order valence-corrected chi connectivity index (χ2v) is 11.5. The predicted octanol–water partition coefficient (Wildman–Crippen LogP) is 5.49. The van der Waals surface area contributed by atoms with Crippen LogP contribution >= 0.6 is 31.9 Å². The van der Waals surface area contributed by atoms with Gasteiger partial charge in [0.15, 0.2) is 5.75 Å². The van der Waals surface area contributed by atoms with Gasteiger partial charge in [0.1, 0.15) is 16.4 Å². The van der Waals surface area contributed by atoms with Crippen LogP contribution in [0.15, 0.2) is 49.3 Å². The van der Waals surface area contributed by atoms with Gasteiger partial charge in [-0.1, -0.05) is 11.6 Å². The molecule has 0 amide bonds. The molecule has 9 nitrogen and oxygen atoms in total. The maximum Gasteiger partial charge on any atom is 0.349 e. The van der Waals surface area contributed by atoms with E-state index in [2.05, 4.69) is 37.0 Å². The van der Waals surface area contributed by atoms with Crippen LogP contribution in [-0.4, -0.2) is 57.8 Å². The van der Waals surface area contributed by atoms with Crippen LogP contribution in [0.5, 0.6) is 17.2 Å². The summed E-state index contributed by atoms with van der Waals surface area (Å²) >= 11 is 6.97. The molecule has 0 N–H and O–H groups in total. The highest BCUT2D eigenvalue weighted by atomic mass is 79.9. The number of ether oxygens (including phenoxy) is 3. The van der Waals surface area contributed by atoms with E-state index in [0.29, 0.717) is 39.1 Å². The summed E-state index contributed by atoms with van der Waals surface area (Å²) in [5.41, 5.74) is 0.667. The van der Waals surface area contributed by atoms with E-state index in [1.54, 1.807) is 38.1 Å². The molecule has 36 heavy (non-hydrogen) atoms. The van der Waals surface area contributed by atoms with Crippen LogP contribution < -0.4 is 9.47 Å². The molecular weight excluding hydrogens is 620 g/mol. The number of oxime groups is 1. The molecule has 196 valence electrons. The van der Waals surface area contributed by atoms with Crippen molar-refractivity contribution in [3.63, 3.8) is 0 Å². The van der Waals surface area contributed by atoms with E-state index in [9.17, 15) is 13.2 Å². The molecule has 1 fully saturated rings. The molecule has 2 aromatic rings. The Labute approximate surface area is 228 Å². The third-order valence-electron chi connectivity index (χ3n) is 5.35. The topological polar surface area (TPSA) is 104 Å². The smallest absolute Gasteiger partial charge is 0.349 e. The molecule has 0 bridgehead atoms. The van der Waals surface area contributed by atoms with E-state index in [1.165, 1.54) is 23.7 Å². The molecule has 1 unspecified atom stereocenters. The minimum atomic E-state index is -3.73. The van der Waals surface area contributed by atoms with Gasteiger partial charge in [0.25, 0.3) is 0 Å². The summed E-state index contributed by atoms with van der Waals surface area (Å²) in [7, 11) is -2.29. The Kier molecular flexibility index (Phi) is 10.2. The van der Waals surface area contributed by atoms with E-state index >= 15 is 0 Å². The normalized spacial score (nSPS) is 15.5. The lowest BCUT2D eigenvalue weighted by atomic mass is 10.2. The maximum atomic E-state index is 13.3. The number of carbonyl (C=O) groups is 1. The number of hydrogen-bond donors (Lipinski definition) is 0. The zero-order valence-corrected chi connectivity index (χ0v) is 24.2. The Bertz CT molecular complexity index is 1190. The van der Waals surface area contributed by atoms with Gasteiger partial charge in [-0.2, -0.15) is 4.31 Å². The Morgan fingerprint density at radius 1 is 1.14 bits per heavy atom. The van der Waals surface area contributed by atoms with Crippen LogP contribution in [0, 0.1) is 0 Å². The highest BCUT2D eigenvalue weighted by molar-refractivity contribution is 9.11. The Morgan fingerprint density at radius 3 is 2.42 bits per heavy atom. The van der Waals surface area contributed by atoms with Crippen molar-refractivity contribution in [1.82, 2.24) is 4.31 Å². The van der Waals surface area contributed by atoms with Gasteiger partial charge in [-0.05, 0) is 88.4 Å². The number of rotatable bonds is 10. The minimum Gasteiger partial charge on any atom is -0.495 e. The fourth-order valence-corrected chi connectivity index (χ4v) is 6.59. The van der Waals surface area contributed by atoms with Crippen LogP contribution in [0.4, 0.5) is 0 Å². The first kappa shape index (κ1) is 28.4. The molecule has 1 aliphatic heterocycles. The lowest BCUT2D eigenvalue weighted by Crippen LogP contribution is -2.35. The number of methoxy groups -OCH3 is 1. The van der Waals surface area contributed by atoms with E-state index in [-0.39, 0.29) is 17.3 Å². The Morgan fingerprint density at radius 2 is 1.81 bits per heavy atom. The molecule has 1 aliphatic rings. The molecule has 0 saturated carbocycles. The van der Waals surface area contributed by atoms with Crippen molar-refractivity contribution in [2.45, 2.75) is 44.1 Å². The SMILES string of the molecule is CCOC(=O)C(C)O/N=C\c1cc(Br)c(Oc2ccc(OC)c(S(=O)(=O)N3CCCCC3)c2)c(Br)c1. The second kappa shape index (κ2) is 12.9. The molecule has 2 aromatic carbocycles. The summed E-state index contributed by atoms with van der Waals surface area (Å²) in [5.74, 6) is 0.539. The lowest BCUT2D eigenvalue weighted by molar-refractivity contribution is -0.155. The molecule has 1 atom stereocenters. The number of carbonyl (C=O) groups excluding carboxylic acids is 1.